The third kappa shape index (κ3) is 5.11. The molecule has 5 nitrogen and oxygen atoms in total. The van der Waals surface area contributed by atoms with Crippen molar-refractivity contribution < 1.29 is 19.4 Å². The van der Waals surface area contributed by atoms with E-state index in [9.17, 15) is 14.7 Å². The summed E-state index contributed by atoms with van der Waals surface area (Å²) >= 11 is 18.0. The summed E-state index contributed by atoms with van der Waals surface area (Å²) in [7, 11) is 0. The Morgan fingerprint density at radius 2 is 1.71 bits per heavy atom. The van der Waals surface area contributed by atoms with Crippen LogP contribution in [-0.2, 0) is 9.53 Å². The molecule has 0 unspecified atom stereocenters. The number of phenolic OH excluding ortho intramolecular Hbond substituents is 1. The zero-order chi connectivity index (χ0) is 17.9. The van der Waals surface area contributed by atoms with Gasteiger partial charge in [-0.3, -0.25) is 4.79 Å². The Hall–Kier alpha value is -1.28. The minimum absolute atomic E-state index is 0.0742. The number of phenols is 1. The molecule has 0 bridgehead atoms. The number of rotatable bonds is 4. The first-order valence-electron chi connectivity index (χ1n) is 6.37. The van der Waals surface area contributed by atoms with Gasteiger partial charge < -0.3 is 15.2 Å². The summed E-state index contributed by atoms with van der Waals surface area (Å²) in [5, 5.41) is 13.1. The van der Waals surface area contributed by atoms with E-state index in [1.165, 1.54) is 24.3 Å². The minimum atomic E-state index is -0.839. The molecule has 0 saturated heterocycles. The van der Waals surface area contributed by atoms with E-state index in [2.05, 4.69) is 37.2 Å². The maximum Gasteiger partial charge on any atom is 0.342 e. The minimum Gasteiger partial charge on any atom is -0.506 e. The highest BCUT2D eigenvalue weighted by Crippen LogP contribution is 2.32. The maximum absolute atomic E-state index is 12.0. The lowest BCUT2D eigenvalue weighted by Gasteiger charge is -2.09. The van der Waals surface area contributed by atoms with E-state index >= 15 is 0 Å². The Kier molecular flexibility index (Phi) is 6.51. The van der Waals surface area contributed by atoms with Crippen molar-refractivity contribution >= 4 is 72.6 Å². The van der Waals surface area contributed by atoms with Gasteiger partial charge in [0.2, 0.25) is 0 Å². The van der Waals surface area contributed by atoms with Gasteiger partial charge in [0.05, 0.1) is 4.47 Å². The molecule has 0 heterocycles. The number of benzene rings is 2. The number of hydrogen-bond donors (Lipinski definition) is 2. The van der Waals surface area contributed by atoms with Gasteiger partial charge in [0.1, 0.15) is 11.3 Å². The number of halogens is 4. The lowest BCUT2D eigenvalue weighted by atomic mass is 10.2. The van der Waals surface area contributed by atoms with Crippen LogP contribution < -0.4 is 5.32 Å². The van der Waals surface area contributed by atoms with Crippen LogP contribution >= 0.6 is 55.1 Å². The average molecular weight is 498 g/mol. The molecule has 0 atom stereocenters. The second kappa shape index (κ2) is 8.20. The topological polar surface area (TPSA) is 75.6 Å². The smallest absolute Gasteiger partial charge is 0.342 e. The highest BCUT2D eigenvalue weighted by Gasteiger charge is 2.17. The monoisotopic (exact) mass is 495 g/mol. The highest BCUT2D eigenvalue weighted by molar-refractivity contribution is 9.11. The largest absolute Gasteiger partial charge is 0.506 e. The first-order valence-corrected chi connectivity index (χ1v) is 8.71. The zero-order valence-electron chi connectivity index (χ0n) is 11.8. The quantitative estimate of drug-likeness (QED) is 0.582. The molecule has 2 N–H and O–H groups in total. The molecule has 0 saturated carbocycles. The summed E-state index contributed by atoms with van der Waals surface area (Å²) in [6.45, 7) is -0.535. The van der Waals surface area contributed by atoms with Crippen molar-refractivity contribution in [1.29, 1.82) is 0 Å². The van der Waals surface area contributed by atoms with Crippen molar-refractivity contribution in [3.8, 4) is 5.75 Å². The van der Waals surface area contributed by atoms with Gasteiger partial charge in [0.15, 0.2) is 6.61 Å². The summed E-state index contributed by atoms with van der Waals surface area (Å²) in [4.78, 5) is 23.8. The molecule has 0 aliphatic carbocycles. The van der Waals surface area contributed by atoms with Gasteiger partial charge in [-0.25, -0.2) is 4.79 Å². The highest BCUT2D eigenvalue weighted by atomic mass is 79.9. The molecular weight excluding hydrogens is 489 g/mol. The van der Waals surface area contributed by atoms with Crippen molar-refractivity contribution in [3.63, 3.8) is 0 Å². The van der Waals surface area contributed by atoms with E-state index in [1.807, 2.05) is 0 Å². The van der Waals surface area contributed by atoms with Crippen LogP contribution in [0.4, 0.5) is 5.69 Å². The van der Waals surface area contributed by atoms with Crippen LogP contribution in [0, 0.1) is 0 Å². The van der Waals surface area contributed by atoms with E-state index < -0.39 is 18.5 Å². The van der Waals surface area contributed by atoms with Crippen LogP contribution in [0.15, 0.2) is 39.3 Å². The molecule has 0 aliphatic heterocycles. The molecule has 24 heavy (non-hydrogen) atoms. The fourth-order valence-electron chi connectivity index (χ4n) is 1.75. The first-order chi connectivity index (χ1) is 11.3. The molecule has 2 rings (SSSR count). The summed E-state index contributed by atoms with van der Waals surface area (Å²) in [6, 6.07) is 7.49. The van der Waals surface area contributed by atoms with E-state index in [1.54, 1.807) is 6.07 Å². The van der Waals surface area contributed by atoms with E-state index in [0.717, 1.165) is 0 Å². The second-order valence-electron chi connectivity index (χ2n) is 4.57. The maximum atomic E-state index is 12.0. The number of nitrogens with one attached hydrogen (secondary N) is 1. The summed E-state index contributed by atoms with van der Waals surface area (Å²) in [5.74, 6) is -1.69. The van der Waals surface area contributed by atoms with Gasteiger partial charge in [0, 0.05) is 20.2 Å². The Balaban J connectivity index is 2.00. The van der Waals surface area contributed by atoms with Crippen molar-refractivity contribution in [1.82, 2.24) is 0 Å². The molecule has 126 valence electrons. The third-order valence-corrected chi connectivity index (χ3v) is 4.23. The third-order valence-electron chi connectivity index (χ3n) is 2.73. The van der Waals surface area contributed by atoms with Gasteiger partial charge in [-0.15, -0.1) is 0 Å². The van der Waals surface area contributed by atoms with Crippen LogP contribution in [0.2, 0.25) is 10.0 Å². The molecule has 1 amide bonds. The molecular formula is C15H9Br2Cl2NO4. The van der Waals surface area contributed by atoms with Crippen molar-refractivity contribution in [2.45, 2.75) is 0 Å². The average Bonchev–Trinajstić information content (AvgIpc) is 2.47. The molecule has 0 fully saturated rings. The van der Waals surface area contributed by atoms with Crippen LogP contribution in [0.3, 0.4) is 0 Å². The van der Waals surface area contributed by atoms with E-state index in [0.29, 0.717) is 24.7 Å². The fraction of sp³-hybridized carbons (Fsp3) is 0.0667. The van der Waals surface area contributed by atoms with Crippen LogP contribution in [0.5, 0.6) is 5.75 Å². The van der Waals surface area contributed by atoms with Gasteiger partial charge >= 0.3 is 5.97 Å². The summed E-state index contributed by atoms with van der Waals surface area (Å²) in [6.07, 6.45) is 0. The van der Waals surface area contributed by atoms with Crippen molar-refractivity contribution in [2.24, 2.45) is 0 Å². The molecule has 9 heteroatoms. The van der Waals surface area contributed by atoms with Crippen molar-refractivity contribution in [2.75, 3.05) is 11.9 Å². The number of amides is 1. The predicted molar refractivity (Wildman–Crippen MR) is 98.9 cm³/mol. The van der Waals surface area contributed by atoms with E-state index in [-0.39, 0.29) is 11.3 Å². The predicted octanol–water partition coefficient (Wildman–Crippen LogP) is 5.02. The van der Waals surface area contributed by atoms with Gasteiger partial charge in [-0.2, -0.15) is 0 Å². The fourth-order valence-corrected chi connectivity index (χ4v) is 3.50. The number of ether oxygens (including phenoxy) is 1. The molecule has 0 aromatic heterocycles. The number of carbonyl (C=O) groups excluding carboxylic acids is 2. The van der Waals surface area contributed by atoms with Crippen LogP contribution in [-0.4, -0.2) is 23.6 Å². The number of carbonyl (C=O) groups is 2. The Labute approximate surface area is 164 Å². The summed E-state index contributed by atoms with van der Waals surface area (Å²) < 4.78 is 5.78. The first kappa shape index (κ1) is 19.1. The molecule has 2 aromatic rings. The number of esters is 1. The van der Waals surface area contributed by atoms with Crippen LogP contribution in [0.25, 0.3) is 0 Å². The summed E-state index contributed by atoms with van der Waals surface area (Å²) in [5.41, 5.74) is 0.302. The Bertz CT molecular complexity index is 794. The van der Waals surface area contributed by atoms with Gasteiger partial charge in [-0.05, 0) is 46.3 Å². The standard InChI is InChI=1S/C15H9Br2Cl2NO4/c16-7-1-11(14(22)12(17)2-7)15(23)24-6-13(21)20-10-4-8(18)3-9(19)5-10/h1-5,22H,6H2,(H,20,21). The Morgan fingerprint density at radius 1 is 1.08 bits per heavy atom. The second-order valence-corrected chi connectivity index (χ2v) is 7.21. The lowest BCUT2D eigenvalue weighted by Crippen LogP contribution is -2.21. The normalized spacial score (nSPS) is 10.3. The van der Waals surface area contributed by atoms with Gasteiger partial charge in [0.25, 0.3) is 5.91 Å². The van der Waals surface area contributed by atoms with Crippen molar-refractivity contribution in [3.05, 3.63) is 54.9 Å². The zero-order valence-corrected chi connectivity index (χ0v) is 16.5. The van der Waals surface area contributed by atoms with Gasteiger partial charge in [-0.1, -0.05) is 39.1 Å². The molecule has 0 spiro atoms. The lowest BCUT2D eigenvalue weighted by molar-refractivity contribution is -0.119. The molecule has 2 aromatic carbocycles. The Morgan fingerprint density at radius 3 is 2.33 bits per heavy atom. The van der Waals surface area contributed by atoms with E-state index in [4.69, 9.17) is 27.9 Å². The molecule has 0 radical (unpaired) electrons. The number of hydrogen-bond acceptors (Lipinski definition) is 4. The number of anilines is 1. The molecule has 0 aliphatic rings. The number of aromatic hydroxyl groups is 1. The SMILES string of the molecule is O=C(COC(=O)c1cc(Br)cc(Br)c1O)Nc1cc(Cl)cc(Cl)c1. The van der Waals surface area contributed by atoms with Crippen LogP contribution in [0.1, 0.15) is 10.4 Å².